The lowest BCUT2D eigenvalue weighted by molar-refractivity contribution is -0.124. The molecule has 4 aliphatic carbocycles. The Balaban J connectivity index is 1.61. The molecule has 0 N–H and O–H groups in total. The Morgan fingerprint density at radius 1 is 1.05 bits per heavy atom. The van der Waals surface area contributed by atoms with Gasteiger partial charge in [0.05, 0.1) is 23.7 Å². The Morgan fingerprint density at radius 2 is 1.70 bits per heavy atom. The molecule has 4 nitrogen and oxygen atoms in total. The maximum absolute atomic E-state index is 12.7. The quantitative estimate of drug-likeness (QED) is 0.573. The van der Waals surface area contributed by atoms with Gasteiger partial charge in [-0.15, -0.1) is 0 Å². The molecule has 2 saturated carbocycles. The van der Waals surface area contributed by atoms with E-state index >= 15 is 0 Å². The van der Waals surface area contributed by atoms with E-state index in [0.29, 0.717) is 17.5 Å². The van der Waals surface area contributed by atoms with Crippen molar-refractivity contribution in [1.82, 2.24) is 4.98 Å². The molecule has 2 heterocycles. The number of pyridine rings is 1. The summed E-state index contributed by atoms with van der Waals surface area (Å²) in [6.07, 6.45) is 8.84. The molecule has 0 radical (unpaired) electrons. The predicted molar refractivity (Wildman–Crippen MR) is 71.4 cm³/mol. The van der Waals surface area contributed by atoms with Crippen molar-refractivity contribution in [2.24, 2.45) is 35.5 Å². The van der Waals surface area contributed by atoms with Gasteiger partial charge in [0.1, 0.15) is 0 Å². The Bertz CT molecular complexity index is 618. The number of allylic oxidation sites excluding steroid dienone is 2. The van der Waals surface area contributed by atoms with Crippen molar-refractivity contribution in [3.63, 3.8) is 0 Å². The van der Waals surface area contributed by atoms with Gasteiger partial charge in [-0.05, 0) is 42.2 Å². The zero-order valence-electron chi connectivity index (χ0n) is 10.8. The first-order valence-corrected chi connectivity index (χ1v) is 7.23. The normalized spacial score (nSPS) is 43.7. The third kappa shape index (κ3) is 1.11. The van der Waals surface area contributed by atoms with E-state index in [1.807, 2.05) is 0 Å². The first-order valence-electron chi connectivity index (χ1n) is 7.23. The second kappa shape index (κ2) is 3.37. The molecule has 20 heavy (non-hydrogen) atoms. The molecule has 0 aromatic carbocycles. The monoisotopic (exact) mass is 266 g/mol. The summed E-state index contributed by atoms with van der Waals surface area (Å²) in [6.45, 7) is 0. The number of amides is 2. The van der Waals surface area contributed by atoms with Gasteiger partial charge in [-0.25, -0.2) is 4.90 Å². The summed E-state index contributed by atoms with van der Waals surface area (Å²) in [5.41, 5.74) is 0.616. The van der Waals surface area contributed by atoms with Gasteiger partial charge in [0.25, 0.3) is 0 Å². The van der Waals surface area contributed by atoms with E-state index in [1.54, 1.807) is 24.5 Å². The lowest BCUT2D eigenvalue weighted by Crippen LogP contribution is -2.40. The number of hydrogen-bond donors (Lipinski definition) is 0. The second-order valence-electron chi connectivity index (χ2n) is 6.38. The Hall–Kier alpha value is -1.97. The van der Waals surface area contributed by atoms with E-state index in [-0.39, 0.29) is 35.5 Å². The van der Waals surface area contributed by atoms with Crippen LogP contribution in [0.3, 0.4) is 0 Å². The molecule has 1 aromatic heterocycles. The summed E-state index contributed by atoms with van der Waals surface area (Å²) < 4.78 is 0. The Labute approximate surface area is 116 Å². The van der Waals surface area contributed by atoms with Crippen LogP contribution in [0.5, 0.6) is 0 Å². The molecule has 3 fully saturated rings. The highest BCUT2D eigenvalue weighted by atomic mass is 16.2. The summed E-state index contributed by atoms with van der Waals surface area (Å²) in [6, 6.07) is 3.55. The van der Waals surface area contributed by atoms with Crippen LogP contribution in [-0.2, 0) is 9.59 Å². The zero-order valence-corrected chi connectivity index (χ0v) is 10.8. The minimum atomic E-state index is -0.124. The number of carbonyl (C=O) groups is 2. The largest absolute Gasteiger partial charge is 0.274 e. The van der Waals surface area contributed by atoms with Crippen LogP contribution in [0.2, 0.25) is 0 Å². The zero-order chi connectivity index (χ0) is 13.4. The third-order valence-electron chi connectivity index (χ3n) is 5.57. The molecule has 0 spiro atoms. The Morgan fingerprint density at radius 3 is 2.25 bits per heavy atom. The van der Waals surface area contributed by atoms with Crippen molar-refractivity contribution >= 4 is 17.5 Å². The maximum Gasteiger partial charge on any atom is 0.238 e. The van der Waals surface area contributed by atoms with Crippen LogP contribution in [0.4, 0.5) is 5.69 Å². The highest BCUT2D eigenvalue weighted by molar-refractivity contribution is 6.22. The van der Waals surface area contributed by atoms with Gasteiger partial charge >= 0.3 is 0 Å². The fourth-order valence-electron chi connectivity index (χ4n) is 4.70. The highest BCUT2D eigenvalue weighted by Gasteiger charge is 2.67. The topological polar surface area (TPSA) is 50.3 Å². The van der Waals surface area contributed by atoms with Gasteiger partial charge in [-0.3, -0.25) is 14.6 Å². The molecule has 6 rings (SSSR count). The average molecular weight is 266 g/mol. The number of carbonyl (C=O) groups excluding carboxylic acids is 2. The molecule has 1 saturated heterocycles. The van der Waals surface area contributed by atoms with E-state index < -0.39 is 0 Å². The van der Waals surface area contributed by atoms with E-state index in [2.05, 4.69) is 17.1 Å². The molecular formula is C16H14N2O2. The first kappa shape index (κ1) is 10.8. The van der Waals surface area contributed by atoms with Crippen LogP contribution in [-0.4, -0.2) is 16.8 Å². The van der Waals surface area contributed by atoms with Crippen molar-refractivity contribution in [2.45, 2.75) is 6.42 Å². The van der Waals surface area contributed by atoms with Gasteiger partial charge in [0.2, 0.25) is 11.8 Å². The van der Waals surface area contributed by atoms with E-state index in [9.17, 15) is 9.59 Å². The van der Waals surface area contributed by atoms with Crippen LogP contribution in [0.25, 0.3) is 0 Å². The number of nitrogens with zero attached hydrogens (tertiary/aromatic N) is 2. The first-order chi connectivity index (χ1) is 9.77. The fourth-order valence-corrected chi connectivity index (χ4v) is 4.70. The van der Waals surface area contributed by atoms with E-state index in [1.165, 1.54) is 11.3 Å². The molecule has 1 aliphatic heterocycles. The fraction of sp³-hybridized carbons (Fsp3) is 0.438. The molecular weight excluding hydrogens is 252 g/mol. The lowest BCUT2D eigenvalue weighted by Gasteiger charge is -2.37. The molecule has 5 aliphatic rings. The van der Waals surface area contributed by atoms with Gasteiger partial charge < -0.3 is 0 Å². The maximum atomic E-state index is 12.7. The van der Waals surface area contributed by atoms with Gasteiger partial charge in [-0.2, -0.15) is 0 Å². The van der Waals surface area contributed by atoms with Crippen LogP contribution in [0, 0.1) is 35.5 Å². The van der Waals surface area contributed by atoms with E-state index in [4.69, 9.17) is 0 Å². The summed E-state index contributed by atoms with van der Waals surface area (Å²) in [5, 5.41) is 0. The Kier molecular flexibility index (Phi) is 1.82. The van der Waals surface area contributed by atoms with Crippen molar-refractivity contribution in [3.8, 4) is 0 Å². The molecule has 4 heteroatoms. The number of aromatic nitrogens is 1. The number of anilines is 1. The third-order valence-corrected chi connectivity index (χ3v) is 5.57. The predicted octanol–water partition coefficient (Wildman–Crippen LogP) is 1.64. The second-order valence-corrected chi connectivity index (χ2v) is 6.38. The van der Waals surface area contributed by atoms with Crippen LogP contribution in [0.1, 0.15) is 6.42 Å². The van der Waals surface area contributed by atoms with Crippen molar-refractivity contribution in [2.75, 3.05) is 4.90 Å². The number of imide groups is 1. The van der Waals surface area contributed by atoms with E-state index in [0.717, 1.165) is 0 Å². The number of rotatable bonds is 1. The van der Waals surface area contributed by atoms with Crippen LogP contribution >= 0.6 is 0 Å². The van der Waals surface area contributed by atoms with Crippen molar-refractivity contribution in [3.05, 3.63) is 36.7 Å². The lowest BCUT2D eigenvalue weighted by atomic mass is 9.63. The summed E-state index contributed by atoms with van der Waals surface area (Å²) in [4.78, 5) is 30.9. The van der Waals surface area contributed by atoms with Gasteiger partial charge in [-0.1, -0.05) is 12.2 Å². The van der Waals surface area contributed by atoms with Crippen LogP contribution < -0.4 is 4.90 Å². The summed E-state index contributed by atoms with van der Waals surface area (Å²) in [5.74, 6) is 1.59. The molecule has 0 unspecified atom stereocenters. The summed E-state index contributed by atoms with van der Waals surface area (Å²) in [7, 11) is 0. The van der Waals surface area contributed by atoms with Crippen molar-refractivity contribution in [1.29, 1.82) is 0 Å². The molecule has 100 valence electrons. The van der Waals surface area contributed by atoms with Gasteiger partial charge in [0, 0.05) is 6.20 Å². The summed E-state index contributed by atoms with van der Waals surface area (Å²) >= 11 is 0. The smallest absolute Gasteiger partial charge is 0.238 e. The number of hydrogen-bond acceptors (Lipinski definition) is 3. The molecule has 1 aromatic rings. The molecule has 2 bridgehead atoms. The van der Waals surface area contributed by atoms with Crippen molar-refractivity contribution < 1.29 is 9.59 Å². The SMILES string of the molecule is O=C1[C@@H]2[C@H]3C=C[C@@H]([C@@H]4C[C@@H]34)[C@H]2C(=O)N1c1cccnc1. The minimum Gasteiger partial charge on any atom is -0.274 e. The molecule has 2 amide bonds. The van der Waals surface area contributed by atoms with Gasteiger partial charge in [0.15, 0.2) is 0 Å². The minimum absolute atomic E-state index is 0.0160. The molecule has 6 atom stereocenters. The average Bonchev–Trinajstić information content (AvgIpc) is 3.25. The highest BCUT2D eigenvalue weighted by Crippen LogP contribution is 2.65. The van der Waals surface area contributed by atoms with Crippen LogP contribution in [0.15, 0.2) is 36.7 Å². The standard InChI is InChI=1S/C16H14N2O2/c19-15-13-9-3-4-10(12-6-11(9)12)14(13)16(20)18(15)8-2-1-5-17-7-8/h1-5,7,9-14H,6H2/t9-,10-,11-,12-,13+,14+/m0/s1.